The van der Waals surface area contributed by atoms with Crippen molar-refractivity contribution in [1.82, 2.24) is 19.9 Å². The van der Waals surface area contributed by atoms with E-state index in [4.69, 9.17) is 0 Å². The van der Waals surface area contributed by atoms with Crippen molar-refractivity contribution in [2.45, 2.75) is 0 Å². The van der Waals surface area contributed by atoms with E-state index in [1.165, 1.54) is 18.3 Å². The Labute approximate surface area is 150 Å². The number of anilines is 1. The Morgan fingerprint density at radius 1 is 1.27 bits per heavy atom. The lowest BCUT2D eigenvalue weighted by molar-refractivity contribution is -0.112. The number of aromatic nitrogens is 3. The molecule has 3 heterocycles. The van der Waals surface area contributed by atoms with Gasteiger partial charge in [0, 0.05) is 37.9 Å². The molecular formula is C19H18FN5O. The van der Waals surface area contributed by atoms with Gasteiger partial charge in [0.25, 0.3) is 5.91 Å². The highest BCUT2D eigenvalue weighted by Crippen LogP contribution is 2.24. The van der Waals surface area contributed by atoms with Gasteiger partial charge in [-0.25, -0.2) is 9.37 Å². The average molecular weight is 351 g/mol. The zero-order valence-electron chi connectivity index (χ0n) is 14.5. The maximum Gasteiger partial charge on any atom is 0.258 e. The van der Waals surface area contributed by atoms with Crippen LogP contribution in [-0.2, 0) is 4.79 Å². The third-order valence-electron chi connectivity index (χ3n) is 3.63. The summed E-state index contributed by atoms with van der Waals surface area (Å²) in [6.07, 6.45) is 5.98. The van der Waals surface area contributed by atoms with Crippen molar-refractivity contribution in [1.29, 1.82) is 0 Å². The van der Waals surface area contributed by atoms with Gasteiger partial charge in [-0.15, -0.1) is 0 Å². The smallest absolute Gasteiger partial charge is 0.258 e. The summed E-state index contributed by atoms with van der Waals surface area (Å²) < 4.78 is 13.0. The molecule has 26 heavy (non-hydrogen) atoms. The number of fused-ring (bicyclic) bond motifs is 1. The minimum atomic E-state index is -0.389. The van der Waals surface area contributed by atoms with E-state index >= 15 is 0 Å². The van der Waals surface area contributed by atoms with Crippen LogP contribution in [0.25, 0.3) is 22.3 Å². The zero-order valence-corrected chi connectivity index (χ0v) is 14.5. The first-order valence-corrected chi connectivity index (χ1v) is 7.89. The van der Waals surface area contributed by atoms with Gasteiger partial charge < -0.3 is 15.2 Å². The number of nitrogens with zero attached hydrogens (tertiary/aromatic N) is 3. The van der Waals surface area contributed by atoms with E-state index in [-0.39, 0.29) is 11.7 Å². The molecule has 3 aromatic rings. The van der Waals surface area contributed by atoms with Crippen LogP contribution >= 0.6 is 0 Å². The number of hydrogen-bond acceptors (Lipinski definition) is 4. The molecule has 0 aromatic carbocycles. The normalized spacial score (nSPS) is 11.4. The minimum Gasteiger partial charge on any atom is -0.383 e. The molecule has 0 aliphatic rings. The molecule has 0 aliphatic carbocycles. The molecule has 0 bridgehead atoms. The van der Waals surface area contributed by atoms with Crippen LogP contribution in [0, 0.1) is 5.82 Å². The van der Waals surface area contributed by atoms with Crippen LogP contribution in [0.1, 0.15) is 0 Å². The lowest BCUT2D eigenvalue weighted by Gasteiger charge is -2.09. The van der Waals surface area contributed by atoms with Gasteiger partial charge in [0.2, 0.25) is 0 Å². The molecule has 0 radical (unpaired) electrons. The maximum absolute atomic E-state index is 13.0. The molecule has 132 valence electrons. The van der Waals surface area contributed by atoms with Gasteiger partial charge in [0.15, 0.2) is 0 Å². The van der Waals surface area contributed by atoms with Gasteiger partial charge in [-0.3, -0.25) is 9.78 Å². The Kier molecular flexibility index (Phi) is 4.79. The van der Waals surface area contributed by atoms with Crippen molar-refractivity contribution in [3.63, 3.8) is 0 Å². The number of carbonyl (C=O) groups is 1. The molecule has 7 heteroatoms. The van der Waals surface area contributed by atoms with Crippen LogP contribution in [-0.4, -0.2) is 39.9 Å². The van der Waals surface area contributed by atoms with E-state index in [1.807, 2.05) is 20.2 Å². The van der Waals surface area contributed by atoms with Gasteiger partial charge in [0.05, 0.1) is 28.7 Å². The molecule has 0 saturated carbocycles. The summed E-state index contributed by atoms with van der Waals surface area (Å²) in [7, 11) is 3.65. The van der Waals surface area contributed by atoms with E-state index in [9.17, 15) is 9.18 Å². The highest BCUT2D eigenvalue weighted by Gasteiger charge is 2.10. The number of pyridine rings is 2. The maximum atomic E-state index is 13.0. The van der Waals surface area contributed by atoms with E-state index in [1.54, 1.807) is 29.4 Å². The number of halogens is 1. The predicted molar refractivity (Wildman–Crippen MR) is 99.9 cm³/mol. The van der Waals surface area contributed by atoms with Crippen LogP contribution in [0.4, 0.5) is 10.2 Å². The van der Waals surface area contributed by atoms with Gasteiger partial charge in [-0.1, -0.05) is 12.7 Å². The SMILES string of the molecule is C=C/C(=C\N(C)C)C(=O)Nc1cc2[nH]c(-c3ccc(F)cn3)cc2cn1. The molecule has 3 rings (SSSR count). The van der Waals surface area contributed by atoms with Gasteiger partial charge in [-0.05, 0) is 18.2 Å². The highest BCUT2D eigenvalue weighted by atomic mass is 19.1. The Hall–Kier alpha value is -3.48. The Bertz CT molecular complexity index is 989. The summed E-state index contributed by atoms with van der Waals surface area (Å²) in [4.78, 5) is 25.6. The van der Waals surface area contributed by atoms with Crippen molar-refractivity contribution < 1.29 is 9.18 Å². The van der Waals surface area contributed by atoms with Crippen molar-refractivity contribution in [3.8, 4) is 11.4 Å². The Morgan fingerprint density at radius 3 is 2.73 bits per heavy atom. The van der Waals surface area contributed by atoms with Crippen LogP contribution < -0.4 is 5.32 Å². The second-order valence-corrected chi connectivity index (χ2v) is 5.91. The summed E-state index contributed by atoms with van der Waals surface area (Å²) in [5.41, 5.74) is 2.58. The zero-order chi connectivity index (χ0) is 18.7. The van der Waals surface area contributed by atoms with E-state index in [0.717, 1.165) is 16.6 Å². The molecule has 0 aliphatic heterocycles. The average Bonchev–Trinajstić information content (AvgIpc) is 3.03. The quantitative estimate of drug-likeness (QED) is 0.546. The minimum absolute atomic E-state index is 0.299. The van der Waals surface area contributed by atoms with Gasteiger partial charge in [0.1, 0.15) is 11.6 Å². The number of carbonyl (C=O) groups excluding carboxylic acids is 1. The lowest BCUT2D eigenvalue weighted by Crippen LogP contribution is -2.16. The first kappa shape index (κ1) is 17.3. The molecular weight excluding hydrogens is 333 g/mol. The number of H-pyrrole nitrogens is 1. The number of aromatic amines is 1. The van der Waals surface area contributed by atoms with Crippen LogP contribution in [0.2, 0.25) is 0 Å². The summed E-state index contributed by atoms with van der Waals surface area (Å²) >= 11 is 0. The van der Waals surface area contributed by atoms with E-state index in [0.29, 0.717) is 17.1 Å². The van der Waals surface area contributed by atoms with Crippen molar-refractivity contribution >= 4 is 22.6 Å². The lowest BCUT2D eigenvalue weighted by atomic mass is 10.2. The number of rotatable bonds is 5. The fourth-order valence-electron chi connectivity index (χ4n) is 2.44. The van der Waals surface area contributed by atoms with Crippen molar-refractivity contribution in [2.24, 2.45) is 0 Å². The first-order valence-electron chi connectivity index (χ1n) is 7.89. The summed E-state index contributed by atoms with van der Waals surface area (Å²) in [5, 5.41) is 3.60. The van der Waals surface area contributed by atoms with E-state index < -0.39 is 0 Å². The fraction of sp³-hybridized carbons (Fsp3) is 0.105. The molecule has 0 saturated heterocycles. The van der Waals surface area contributed by atoms with Crippen LogP contribution in [0.15, 0.2) is 61.1 Å². The standard InChI is InChI=1S/C19H18FN5O/c1-4-12(11-25(2)3)19(26)24-18-8-16-13(9-22-18)7-17(23-16)15-6-5-14(20)10-21-15/h4-11,23H,1H2,2-3H3,(H,22,24,26)/b12-11+. The predicted octanol–water partition coefficient (Wildman–Crippen LogP) is 3.33. The van der Waals surface area contributed by atoms with Gasteiger partial charge in [-0.2, -0.15) is 0 Å². The summed E-state index contributed by atoms with van der Waals surface area (Å²) in [6.45, 7) is 3.65. The molecule has 1 amide bonds. The molecule has 0 fully saturated rings. The fourth-order valence-corrected chi connectivity index (χ4v) is 2.44. The summed E-state index contributed by atoms with van der Waals surface area (Å²) in [6, 6.07) is 6.55. The third kappa shape index (κ3) is 3.77. The van der Waals surface area contributed by atoms with Gasteiger partial charge >= 0.3 is 0 Å². The second-order valence-electron chi connectivity index (χ2n) is 5.91. The third-order valence-corrected chi connectivity index (χ3v) is 3.63. The monoisotopic (exact) mass is 351 g/mol. The van der Waals surface area contributed by atoms with Crippen molar-refractivity contribution in [2.75, 3.05) is 19.4 Å². The van der Waals surface area contributed by atoms with Crippen molar-refractivity contribution in [3.05, 3.63) is 66.9 Å². The Balaban J connectivity index is 1.86. The largest absolute Gasteiger partial charge is 0.383 e. The Morgan fingerprint density at radius 2 is 2.08 bits per heavy atom. The molecule has 0 atom stereocenters. The number of nitrogens with one attached hydrogen (secondary N) is 2. The first-order chi connectivity index (χ1) is 12.5. The number of amides is 1. The molecule has 0 unspecified atom stereocenters. The van der Waals surface area contributed by atoms with E-state index in [2.05, 4.69) is 26.8 Å². The molecule has 2 N–H and O–H groups in total. The molecule has 3 aromatic heterocycles. The topological polar surface area (TPSA) is 73.9 Å². The van der Waals surface area contributed by atoms with Crippen LogP contribution in [0.3, 0.4) is 0 Å². The molecule has 0 spiro atoms. The number of hydrogen-bond donors (Lipinski definition) is 2. The highest BCUT2D eigenvalue weighted by molar-refractivity contribution is 6.05. The van der Waals surface area contributed by atoms with Crippen LogP contribution in [0.5, 0.6) is 0 Å². The molecule has 6 nitrogen and oxygen atoms in total. The summed E-state index contributed by atoms with van der Waals surface area (Å²) in [5.74, 6) is -0.276. The second kappa shape index (κ2) is 7.18.